The van der Waals surface area contributed by atoms with Gasteiger partial charge in [0, 0.05) is 6.92 Å². The van der Waals surface area contributed by atoms with Gasteiger partial charge >= 0.3 is 5.97 Å². The average Bonchev–Trinajstić information content (AvgIpc) is 2.51. The lowest BCUT2D eigenvalue weighted by molar-refractivity contribution is -0.134. The molecule has 1 rings (SSSR count). The third kappa shape index (κ3) is 7.42. The Morgan fingerprint density at radius 1 is 1.00 bits per heavy atom. The van der Waals surface area contributed by atoms with Crippen LogP contribution >= 0.6 is 0 Å². The van der Waals surface area contributed by atoms with Gasteiger partial charge in [0.05, 0.1) is 13.1 Å². The first-order valence-corrected chi connectivity index (χ1v) is 6.69. The fraction of sp³-hybridized carbons (Fsp3) is 0.200. The number of hydrogen-bond donors (Lipinski definition) is 4. The second kappa shape index (κ2) is 8.98. The molecule has 0 heterocycles. The average molecular weight is 319 g/mol. The predicted molar refractivity (Wildman–Crippen MR) is 81.9 cm³/mol. The van der Waals surface area contributed by atoms with E-state index in [-0.39, 0.29) is 18.1 Å². The number of rotatable bonds is 7. The van der Waals surface area contributed by atoms with Gasteiger partial charge in [0.1, 0.15) is 5.70 Å². The molecule has 0 fully saturated rings. The van der Waals surface area contributed by atoms with Crippen molar-refractivity contribution in [1.29, 1.82) is 0 Å². The third-order valence-electron chi connectivity index (χ3n) is 2.56. The number of amides is 3. The molecule has 122 valence electrons. The minimum absolute atomic E-state index is 0.256. The molecule has 0 radical (unpaired) electrons. The van der Waals surface area contributed by atoms with Crippen LogP contribution in [0.1, 0.15) is 12.5 Å². The van der Waals surface area contributed by atoms with E-state index >= 15 is 0 Å². The quantitative estimate of drug-likeness (QED) is 0.503. The molecule has 8 nitrogen and oxygen atoms in total. The van der Waals surface area contributed by atoms with Gasteiger partial charge in [0.25, 0.3) is 0 Å². The molecule has 0 saturated heterocycles. The monoisotopic (exact) mass is 319 g/mol. The maximum Gasteiger partial charge on any atom is 0.352 e. The zero-order chi connectivity index (χ0) is 17.2. The summed E-state index contributed by atoms with van der Waals surface area (Å²) in [5.74, 6) is -2.92. The SMILES string of the molecule is CC(=O)NCC(=O)NCC(=O)NC(=Cc1ccccc1)C(=O)O. The van der Waals surface area contributed by atoms with E-state index in [1.807, 2.05) is 0 Å². The molecular weight excluding hydrogens is 302 g/mol. The van der Waals surface area contributed by atoms with Crippen molar-refractivity contribution in [3.8, 4) is 0 Å². The number of carbonyl (C=O) groups is 4. The van der Waals surface area contributed by atoms with Crippen LogP contribution in [-0.2, 0) is 19.2 Å². The number of aliphatic carboxylic acids is 1. The van der Waals surface area contributed by atoms with Gasteiger partial charge in [-0.2, -0.15) is 0 Å². The van der Waals surface area contributed by atoms with Gasteiger partial charge in [-0.25, -0.2) is 4.79 Å². The Morgan fingerprint density at radius 3 is 2.17 bits per heavy atom. The molecule has 1 aromatic carbocycles. The summed E-state index contributed by atoms with van der Waals surface area (Å²) >= 11 is 0. The predicted octanol–water partition coefficient (Wildman–Crippen LogP) is -0.519. The van der Waals surface area contributed by atoms with Gasteiger partial charge < -0.3 is 21.1 Å². The summed E-state index contributed by atoms with van der Waals surface area (Å²) < 4.78 is 0. The van der Waals surface area contributed by atoms with E-state index in [0.29, 0.717) is 5.56 Å². The Kier molecular flexibility index (Phi) is 6.99. The maximum absolute atomic E-state index is 11.7. The van der Waals surface area contributed by atoms with Crippen molar-refractivity contribution >= 4 is 29.8 Å². The summed E-state index contributed by atoms with van der Waals surface area (Å²) in [6.07, 6.45) is 1.30. The van der Waals surface area contributed by atoms with Crippen LogP contribution in [0, 0.1) is 0 Å². The normalized spacial score (nSPS) is 10.6. The van der Waals surface area contributed by atoms with Crippen molar-refractivity contribution in [3.05, 3.63) is 41.6 Å². The fourth-order valence-corrected chi connectivity index (χ4v) is 1.51. The van der Waals surface area contributed by atoms with Crippen LogP contribution in [0.3, 0.4) is 0 Å². The largest absolute Gasteiger partial charge is 0.477 e. The first kappa shape index (κ1) is 17.9. The van der Waals surface area contributed by atoms with Crippen LogP contribution in [-0.4, -0.2) is 41.9 Å². The van der Waals surface area contributed by atoms with Crippen LogP contribution in [0.25, 0.3) is 6.08 Å². The van der Waals surface area contributed by atoms with E-state index in [2.05, 4.69) is 16.0 Å². The van der Waals surface area contributed by atoms with Gasteiger partial charge in [0.15, 0.2) is 0 Å². The molecule has 3 amide bonds. The van der Waals surface area contributed by atoms with E-state index in [4.69, 9.17) is 5.11 Å². The zero-order valence-electron chi connectivity index (χ0n) is 12.5. The van der Waals surface area contributed by atoms with Crippen molar-refractivity contribution in [2.24, 2.45) is 0 Å². The molecule has 0 bridgehead atoms. The molecule has 1 aromatic rings. The number of nitrogens with one attached hydrogen (secondary N) is 3. The summed E-state index contributed by atoms with van der Waals surface area (Å²) in [6, 6.07) is 8.61. The van der Waals surface area contributed by atoms with Gasteiger partial charge in [-0.05, 0) is 11.6 Å². The Labute approximate surface area is 132 Å². The second-order valence-corrected chi connectivity index (χ2v) is 4.51. The first-order chi connectivity index (χ1) is 10.9. The highest BCUT2D eigenvalue weighted by Crippen LogP contribution is 2.04. The molecule has 0 aliphatic rings. The Morgan fingerprint density at radius 2 is 1.61 bits per heavy atom. The molecule has 0 unspecified atom stereocenters. The number of carboxylic acids is 1. The molecule has 0 saturated carbocycles. The summed E-state index contributed by atoms with van der Waals surface area (Å²) in [6.45, 7) is 0.597. The van der Waals surface area contributed by atoms with E-state index in [1.165, 1.54) is 13.0 Å². The second-order valence-electron chi connectivity index (χ2n) is 4.51. The Balaban J connectivity index is 2.56. The topological polar surface area (TPSA) is 125 Å². The first-order valence-electron chi connectivity index (χ1n) is 6.69. The van der Waals surface area contributed by atoms with Crippen LogP contribution in [0.15, 0.2) is 36.0 Å². The highest BCUT2D eigenvalue weighted by atomic mass is 16.4. The standard InChI is InChI=1S/C15H17N3O5/c1-10(19)16-8-13(20)17-9-14(21)18-12(15(22)23)7-11-5-3-2-4-6-11/h2-7H,8-9H2,1H3,(H,16,19)(H,17,20)(H,18,21)(H,22,23). The van der Waals surface area contributed by atoms with Crippen LogP contribution in [0.5, 0.6) is 0 Å². The van der Waals surface area contributed by atoms with Crippen molar-refractivity contribution in [3.63, 3.8) is 0 Å². The summed E-state index contributed by atoms with van der Waals surface area (Å²) in [7, 11) is 0. The smallest absolute Gasteiger partial charge is 0.352 e. The molecule has 4 N–H and O–H groups in total. The van der Waals surface area contributed by atoms with Gasteiger partial charge in [-0.1, -0.05) is 30.3 Å². The number of carboxylic acid groups (broad SMARTS) is 1. The minimum Gasteiger partial charge on any atom is -0.477 e. The molecular formula is C15H17N3O5. The summed E-state index contributed by atoms with van der Waals surface area (Å²) in [5.41, 5.74) is 0.303. The van der Waals surface area contributed by atoms with Crippen LogP contribution in [0.2, 0.25) is 0 Å². The van der Waals surface area contributed by atoms with E-state index in [9.17, 15) is 19.2 Å². The summed E-state index contributed by atoms with van der Waals surface area (Å²) in [5, 5.41) is 15.8. The number of benzene rings is 1. The molecule has 0 aliphatic heterocycles. The summed E-state index contributed by atoms with van der Waals surface area (Å²) in [4.78, 5) is 44.8. The molecule has 8 heteroatoms. The molecule has 0 aliphatic carbocycles. The van der Waals surface area contributed by atoms with Crippen LogP contribution < -0.4 is 16.0 Å². The van der Waals surface area contributed by atoms with Gasteiger partial charge in [0.2, 0.25) is 17.7 Å². The molecule has 23 heavy (non-hydrogen) atoms. The van der Waals surface area contributed by atoms with Crippen molar-refractivity contribution in [2.75, 3.05) is 13.1 Å². The molecule has 0 aromatic heterocycles. The highest BCUT2D eigenvalue weighted by molar-refractivity contribution is 5.98. The van der Waals surface area contributed by atoms with Crippen molar-refractivity contribution < 1.29 is 24.3 Å². The number of hydrogen-bond acceptors (Lipinski definition) is 4. The third-order valence-corrected chi connectivity index (χ3v) is 2.56. The fourth-order valence-electron chi connectivity index (χ4n) is 1.51. The maximum atomic E-state index is 11.7. The van der Waals surface area contributed by atoms with Gasteiger partial charge in [-0.15, -0.1) is 0 Å². The van der Waals surface area contributed by atoms with Crippen molar-refractivity contribution in [1.82, 2.24) is 16.0 Å². The van der Waals surface area contributed by atoms with E-state index < -0.39 is 24.3 Å². The zero-order valence-corrected chi connectivity index (χ0v) is 12.5. The molecule has 0 atom stereocenters. The minimum atomic E-state index is -1.30. The van der Waals surface area contributed by atoms with Crippen LogP contribution in [0.4, 0.5) is 0 Å². The van der Waals surface area contributed by atoms with Gasteiger partial charge in [-0.3, -0.25) is 14.4 Å². The number of carbonyl (C=O) groups excluding carboxylic acids is 3. The lowest BCUT2D eigenvalue weighted by atomic mass is 10.2. The Hall–Kier alpha value is -3.16. The van der Waals surface area contributed by atoms with E-state index in [1.54, 1.807) is 30.3 Å². The lowest BCUT2D eigenvalue weighted by Crippen LogP contribution is -2.42. The Bertz CT molecular complexity index is 625. The lowest BCUT2D eigenvalue weighted by Gasteiger charge is -2.08. The molecule has 0 spiro atoms. The highest BCUT2D eigenvalue weighted by Gasteiger charge is 2.12. The van der Waals surface area contributed by atoms with E-state index in [0.717, 1.165) is 0 Å². The van der Waals surface area contributed by atoms with Crippen molar-refractivity contribution in [2.45, 2.75) is 6.92 Å².